The molecule has 0 atom stereocenters. The molecule has 100 valence electrons. The third-order valence-corrected chi connectivity index (χ3v) is 3.34. The monoisotopic (exact) mass is 322 g/mol. The van der Waals surface area contributed by atoms with Gasteiger partial charge in [-0.2, -0.15) is 0 Å². The molecule has 4 nitrogen and oxygen atoms in total. The largest absolute Gasteiger partial charge is 0.496 e. The van der Waals surface area contributed by atoms with E-state index in [0.29, 0.717) is 11.4 Å². The number of nitrogens with two attached hydrogens (primary N) is 1. The van der Waals surface area contributed by atoms with Crippen molar-refractivity contribution < 1.29 is 9.47 Å². The van der Waals surface area contributed by atoms with Gasteiger partial charge in [0.15, 0.2) is 0 Å². The summed E-state index contributed by atoms with van der Waals surface area (Å²) in [5.74, 6) is 1.43. The summed E-state index contributed by atoms with van der Waals surface area (Å²) in [4.78, 5) is 0. The Labute approximate surface area is 120 Å². The van der Waals surface area contributed by atoms with Crippen LogP contribution < -0.4 is 20.5 Å². The molecule has 0 aliphatic rings. The summed E-state index contributed by atoms with van der Waals surface area (Å²) >= 11 is 3.45. The molecular formula is C14H15BrN2O2. The highest BCUT2D eigenvalue weighted by atomic mass is 79.9. The van der Waals surface area contributed by atoms with E-state index in [1.165, 1.54) is 0 Å². The van der Waals surface area contributed by atoms with E-state index in [9.17, 15) is 0 Å². The van der Waals surface area contributed by atoms with Crippen molar-refractivity contribution in [2.24, 2.45) is 0 Å². The highest BCUT2D eigenvalue weighted by Crippen LogP contribution is 2.33. The second-order valence-corrected chi connectivity index (χ2v) is 4.75. The number of methoxy groups -OCH3 is 2. The first-order chi connectivity index (χ1) is 9.15. The van der Waals surface area contributed by atoms with Crippen LogP contribution in [-0.4, -0.2) is 14.2 Å². The standard InChI is InChI=1S/C14H15BrN2O2/c1-18-12-7-6-9(8-10(12)15)17-11-4-3-5-13(19-2)14(11)16/h3-8,17H,16H2,1-2H3. The summed E-state index contributed by atoms with van der Waals surface area (Å²) in [6.45, 7) is 0. The first kappa shape index (κ1) is 13.5. The molecule has 0 aromatic heterocycles. The van der Waals surface area contributed by atoms with Crippen LogP contribution in [0, 0.1) is 0 Å². The number of halogens is 1. The second kappa shape index (κ2) is 5.84. The number of para-hydroxylation sites is 1. The van der Waals surface area contributed by atoms with E-state index in [2.05, 4.69) is 21.2 Å². The third kappa shape index (κ3) is 2.93. The van der Waals surface area contributed by atoms with Crippen LogP contribution in [0.3, 0.4) is 0 Å². The topological polar surface area (TPSA) is 56.5 Å². The van der Waals surface area contributed by atoms with E-state index in [4.69, 9.17) is 15.2 Å². The van der Waals surface area contributed by atoms with E-state index >= 15 is 0 Å². The van der Waals surface area contributed by atoms with Gasteiger partial charge in [-0.3, -0.25) is 0 Å². The van der Waals surface area contributed by atoms with E-state index in [1.54, 1.807) is 14.2 Å². The Morgan fingerprint density at radius 3 is 2.42 bits per heavy atom. The molecule has 3 N–H and O–H groups in total. The lowest BCUT2D eigenvalue weighted by Crippen LogP contribution is -1.99. The Morgan fingerprint density at radius 1 is 1.05 bits per heavy atom. The molecule has 0 aliphatic heterocycles. The zero-order chi connectivity index (χ0) is 13.8. The van der Waals surface area contributed by atoms with E-state index in [1.807, 2.05) is 36.4 Å². The summed E-state index contributed by atoms with van der Waals surface area (Å²) < 4.78 is 11.3. The molecular weight excluding hydrogens is 308 g/mol. The smallest absolute Gasteiger partial charge is 0.143 e. The second-order valence-electron chi connectivity index (χ2n) is 3.90. The molecule has 0 spiro atoms. The van der Waals surface area contributed by atoms with E-state index in [-0.39, 0.29) is 0 Å². The molecule has 2 aromatic carbocycles. The maximum atomic E-state index is 6.01. The number of nitrogen functional groups attached to an aromatic ring is 1. The lowest BCUT2D eigenvalue weighted by molar-refractivity contribution is 0.412. The SMILES string of the molecule is COc1ccc(Nc2cccc(OC)c2N)cc1Br. The van der Waals surface area contributed by atoms with Gasteiger partial charge in [0.1, 0.15) is 11.5 Å². The van der Waals surface area contributed by atoms with Crippen molar-refractivity contribution in [1.29, 1.82) is 0 Å². The Morgan fingerprint density at radius 2 is 1.79 bits per heavy atom. The Kier molecular flexibility index (Phi) is 4.16. The van der Waals surface area contributed by atoms with Crippen LogP contribution in [0.2, 0.25) is 0 Å². The molecule has 0 saturated carbocycles. The minimum absolute atomic E-state index is 0.581. The van der Waals surface area contributed by atoms with Crippen molar-refractivity contribution in [3.05, 3.63) is 40.9 Å². The summed E-state index contributed by atoms with van der Waals surface area (Å²) in [5, 5.41) is 3.25. The molecule has 0 unspecified atom stereocenters. The predicted molar refractivity (Wildman–Crippen MR) is 81.4 cm³/mol. The maximum Gasteiger partial charge on any atom is 0.143 e. The molecule has 5 heteroatoms. The molecule has 0 bridgehead atoms. The van der Waals surface area contributed by atoms with E-state index in [0.717, 1.165) is 21.6 Å². The average molecular weight is 323 g/mol. The van der Waals surface area contributed by atoms with Gasteiger partial charge in [-0.15, -0.1) is 0 Å². The lowest BCUT2D eigenvalue weighted by Gasteiger charge is -2.13. The zero-order valence-corrected chi connectivity index (χ0v) is 12.3. The molecule has 0 radical (unpaired) electrons. The summed E-state index contributed by atoms with van der Waals surface area (Å²) in [7, 11) is 3.23. The van der Waals surface area contributed by atoms with Crippen LogP contribution in [-0.2, 0) is 0 Å². The van der Waals surface area contributed by atoms with Crippen LogP contribution >= 0.6 is 15.9 Å². The zero-order valence-electron chi connectivity index (χ0n) is 10.7. The summed E-state index contributed by atoms with van der Waals surface area (Å²) in [6.07, 6.45) is 0. The first-order valence-corrected chi connectivity index (χ1v) is 6.48. The van der Waals surface area contributed by atoms with Crippen molar-refractivity contribution >= 4 is 33.0 Å². The number of hydrogen-bond acceptors (Lipinski definition) is 4. The van der Waals surface area contributed by atoms with Gasteiger partial charge in [-0.25, -0.2) is 0 Å². The minimum Gasteiger partial charge on any atom is -0.496 e. The van der Waals surface area contributed by atoms with Crippen molar-refractivity contribution in [3.8, 4) is 11.5 Å². The fourth-order valence-corrected chi connectivity index (χ4v) is 2.27. The number of ether oxygens (including phenoxy) is 2. The molecule has 0 heterocycles. The van der Waals surface area contributed by atoms with Crippen molar-refractivity contribution in [2.45, 2.75) is 0 Å². The van der Waals surface area contributed by atoms with Crippen LogP contribution in [0.15, 0.2) is 40.9 Å². The normalized spacial score (nSPS) is 10.1. The highest BCUT2D eigenvalue weighted by molar-refractivity contribution is 9.10. The Bertz CT molecular complexity index is 588. The van der Waals surface area contributed by atoms with Gasteiger partial charge in [-0.05, 0) is 46.3 Å². The lowest BCUT2D eigenvalue weighted by atomic mass is 10.2. The van der Waals surface area contributed by atoms with Crippen LogP contribution in [0.5, 0.6) is 11.5 Å². The average Bonchev–Trinajstić information content (AvgIpc) is 2.41. The fourth-order valence-electron chi connectivity index (χ4n) is 1.73. The summed E-state index contributed by atoms with van der Waals surface area (Å²) in [6, 6.07) is 11.3. The van der Waals surface area contributed by atoms with Crippen molar-refractivity contribution in [1.82, 2.24) is 0 Å². The molecule has 0 amide bonds. The molecule has 19 heavy (non-hydrogen) atoms. The van der Waals surface area contributed by atoms with Gasteiger partial charge in [0.05, 0.1) is 30.1 Å². The Balaban J connectivity index is 2.29. The number of hydrogen-bond donors (Lipinski definition) is 2. The Hall–Kier alpha value is -1.88. The molecule has 2 aromatic rings. The molecule has 0 fully saturated rings. The number of anilines is 3. The van der Waals surface area contributed by atoms with Crippen LogP contribution in [0.4, 0.5) is 17.1 Å². The van der Waals surface area contributed by atoms with Crippen LogP contribution in [0.25, 0.3) is 0 Å². The highest BCUT2D eigenvalue weighted by Gasteiger charge is 2.06. The van der Waals surface area contributed by atoms with Crippen molar-refractivity contribution in [2.75, 3.05) is 25.3 Å². The predicted octanol–water partition coefficient (Wildman–Crippen LogP) is 3.79. The summed E-state index contributed by atoms with van der Waals surface area (Å²) in [5.41, 5.74) is 8.30. The quantitative estimate of drug-likeness (QED) is 0.841. The minimum atomic E-state index is 0.581. The van der Waals surface area contributed by atoms with Gasteiger partial charge in [0, 0.05) is 5.69 Å². The number of nitrogens with one attached hydrogen (secondary N) is 1. The van der Waals surface area contributed by atoms with Crippen LogP contribution in [0.1, 0.15) is 0 Å². The van der Waals surface area contributed by atoms with Gasteiger partial charge in [0.25, 0.3) is 0 Å². The fraction of sp³-hybridized carbons (Fsp3) is 0.143. The first-order valence-electron chi connectivity index (χ1n) is 5.68. The van der Waals surface area contributed by atoms with E-state index < -0.39 is 0 Å². The molecule has 2 rings (SSSR count). The maximum absolute atomic E-state index is 6.01. The molecule has 0 aliphatic carbocycles. The van der Waals surface area contributed by atoms with Gasteiger partial charge >= 0.3 is 0 Å². The van der Waals surface area contributed by atoms with Gasteiger partial charge in [0.2, 0.25) is 0 Å². The molecule has 0 saturated heterocycles. The van der Waals surface area contributed by atoms with Crippen molar-refractivity contribution in [3.63, 3.8) is 0 Å². The number of benzene rings is 2. The number of rotatable bonds is 4. The van der Waals surface area contributed by atoms with Gasteiger partial charge in [-0.1, -0.05) is 6.07 Å². The van der Waals surface area contributed by atoms with Gasteiger partial charge < -0.3 is 20.5 Å². The third-order valence-electron chi connectivity index (χ3n) is 2.72.